The minimum atomic E-state index is -0.443. The van der Waals surface area contributed by atoms with Gasteiger partial charge >= 0.3 is 0 Å². The summed E-state index contributed by atoms with van der Waals surface area (Å²) < 4.78 is 10.6. The van der Waals surface area contributed by atoms with E-state index in [1.54, 1.807) is 11.9 Å². The summed E-state index contributed by atoms with van der Waals surface area (Å²) in [4.78, 5) is 13.7. The molecule has 1 heterocycles. The molecule has 1 unspecified atom stereocenters. The summed E-state index contributed by atoms with van der Waals surface area (Å²) in [7, 11) is 1.79. The minimum absolute atomic E-state index is 0.0147. The first kappa shape index (κ1) is 12.9. The maximum absolute atomic E-state index is 12.0. The van der Waals surface area contributed by atoms with E-state index in [4.69, 9.17) is 9.47 Å². The highest BCUT2D eigenvalue weighted by molar-refractivity contribution is 9.09. The number of ether oxygens (including phenoxy) is 2. The second-order valence-electron chi connectivity index (χ2n) is 4.28. The van der Waals surface area contributed by atoms with E-state index in [1.807, 2.05) is 13.8 Å². The molecule has 0 aromatic heterocycles. The average Bonchev–Trinajstić information content (AvgIpc) is 2.28. The van der Waals surface area contributed by atoms with Gasteiger partial charge in [-0.25, -0.2) is 0 Å². The predicted octanol–water partition coefficient (Wildman–Crippen LogP) is 1.03. The van der Waals surface area contributed by atoms with Crippen molar-refractivity contribution in [3.8, 4) is 0 Å². The second kappa shape index (κ2) is 5.27. The first-order valence-electron chi connectivity index (χ1n) is 5.02. The summed E-state index contributed by atoms with van der Waals surface area (Å²) in [6.45, 7) is 5.45. The quantitative estimate of drug-likeness (QED) is 0.725. The monoisotopic (exact) mass is 279 g/mol. The Morgan fingerprint density at radius 2 is 2.20 bits per heavy atom. The number of alkyl halides is 1. The lowest BCUT2D eigenvalue weighted by Crippen LogP contribution is -2.52. The van der Waals surface area contributed by atoms with Crippen molar-refractivity contribution in [1.82, 2.24) is 4.90 Å². The van der Waals surface area contributed by atoms with Gasteiger partial charge in [-0.2, -0.15) is 0 Å². The van der Waals surface area contributed by atoms with Gasteiger partial charge in [-0.1, -0.05) is 15.9 Å². The first-order chi connectivity index (χ1) is 6.99. The van der Waals surface area contributed by atoms with E-state index in [0.29, 0.717) is 19.8 Å². The number of halogens is 1. The first-order valence-corrected chi connectivity index (χ1v) is 6.14. The van der Waals surface area contributed by atoms with Crippen molar-refractivity contribution in [3.63, 3.8) is 0 Å². The molecule has 1 saturated heterocycles. The van der Waals surface area contributed by atoms with E-state index in [1.165, 1.54) is 0 Å². The lowest BCUT2D eigenvalue weighted by molar-refractivity contribution is -0.160. The maximum Gasteiger partial charge on any atom is 0.254 e. The molecule has 4 nitrogen and oxygen atoms in total. The summed E-state index contributed by atoms with van der Waals surface area (Å²) in [5.74, 6) is -0.0147. The fourth-order valence-corrected chi connectivity index (χ4v) is 1.61. The van der Waals surface area contributed by atoms with Gasteiger partial charge in [-0.3, -0.25) is 4.79 Å². The van der Waals surface area contributed by atoms with Crippen LogP contribution >= 0.6 is 15.9 Å². The zero-order valence-electron chi connectivity index (χ0n) is 9.46. The van der Waals surface area contributed by atoms with E-state index >= 15 is 0 Å². The van der Waals surface area contributed by atoms with Crippen LogP contribution in [0.25, 0.3) is 0 Å². The molecule has 1 aliphatic rings. The van der Waals surface area contributed by atoms with Crippen molar-refractivity contribution in [2.24, 2.45) is 0 Å². The highest BCUT2D eigenvalue weighted by Gasteiger charge is 2.33. The van der Waals surface area contributed by atoms with Crippen LogP contribution in [0, 0.1) is 0 Å². The standard InChI is InChI=1S/C10H18BrNO3/c1-10(2,7-11)12(3)9(13)8-6-14-4-5-15-8/h8H,4-7H2,1-3H3. The number of hydrogen-bond donors (Lipinski definition) is 0. The third-order valence-corrected chi connectivity index (χ3v) is 4.03. The van der Waals surface area contributed by atoms with E-state index in [0.717, 1.165) is 5.33 Å². The Balaban J connectivity index is 2.58. The Bertz CT molecular complexity index is 227. The largest absolute Gasteiger partial charge is 0.376 e. The molecule has 0 spiro atoms. The third-order valence-electron chi connectivity index (χ3n) is 2.66. The number of hydrogen-bond acceptors (Lipinski definition) is 3. The molecule has 1 atom stereocenters. The van der Waals surface area contributed by atoms with Crippen LogP contribution in [0.3, 0.4) is 0 Å². The molecule has 0 saturated carbocycles. The van der Waals surface area contributed by atoms with Crippen LogP contribution in [0.1, 0.15) is 13.8 Å². The molecule has 0 radical (unpaired) electrons. The van der Waals surface area contributed by atoms with Gasteiger partial charge in [0.15, 0.2) is 6.10 Å². The van der Waals surface area contributed by atoms with Gasteiger partial charge in [-0.15, -0.1) is 0 Å². The molecule has 1 rings (SSSR count). The topological polar surface area (TPSA) is 38.8 Å². The minimum Gasteiger partial charge on any atom is -0.376 e. The maximum atomic E-state index is 12.0. The molecule has 0 aromatic rings. The number of carbonyl (C=O) groups is 1. The molecular weight excluding hydrogens is 262 g/mol. The van der Waals surface area contributed by atoms with Crippen LogP contribution in [0.2, 0.25) is 0 Å². The third kappa shape index (κ3) is 3.16. The highest BCUT2D eigenvalue weighted by Crippen LogP contribution is 2.17. The van der Waals surface area contributed by atoms with E-state index in [9.17, 15) is 4.79 Å². The Kier molecular flexibility index (Phi) is 4.55. The van der Waals surface area contributed by atoms with E-state index in [2.05, 4.69) is 15.9 Å². The van der Waals surface area contributed by atoms with Gasteiger partial charge in [0.2, 0.25) is 0 Å². The number of nitrogens with zero attached hydrogens (tertiary/aromatic N) is 1. The summed E-state index contributed by atoms with van der Waals surface area (Å²) in [5.41, 5.74) is -0.210. The van der Waals surface area contributed by atoms with Gasteiger partial charge in [0.25, 0.3) is 5.91 Å². The summed E-state index contributed by atoms with van der Waals surface area (Å²) in [5, 5.41) is 0.732. The van der Waals surface area contributed by atoms with Crippen LogP contribution in [0.15, 0.2) is 0 Å². The molecule has 1 aliphatic heterocycles. The Hall–Kier alpha value is -0.130. The fourth-order valence-electron chi connectivity index (χ4n) is 1.23. The molecule has 0 bridgehead atoms. The lowest BCUT2D eigenvalue weighted by Gasteiger charge is -2.37. The predicted molar refractivity (Wildman–Crippen MR) is 61.2 cm³/mol. The van der Waals surface area contributed by atoms with Gasteiger partial charge in [0.1, 0.15) is 0 Å². The van der Waals surface area contributed by atoms with Crippen molar-refractivity contribution >= 4 is 21.8 Å². The van der Waals surface area contributed by atoms with E-state index in [-0.39, 0.29) is 11.4 Å². The average molecular weight is 280 g/mol. The smallest absolute Gasteiger partial charge is 0.254 e. The Morgan fingerprint density at radius 3 is 2.67 bits per heavy atom. The molecule has 15 heavy (non-hydrogen) atoms. The van der Waals surface area contributed by atoms with Gasteiger partial charge in [-0.05, 0) is 13.8 Å². The molecule has 5 heteroatoms. The molecule has 0 aliphatic carbocycles. The van der Waals surface area contributed by atoms with Gasteiger partial charge in [0.05, 0.1) is 19.8 Å². The van der Waals surface area contributed by atoms with Crippen LogP contribution in [0.4, 0.5) is 0 Å². The van der Waals surface area contributed by atoms with E-state index < -0.39 is 6.10 Å². The van der Waals surface area contributed by atoms with Crippen molar-refractivity contribution in [1.29, 1.82) is 0 Å². The second-order valence-corrected chi connectivity index (χ2v) is 4.84. The Labute approximate surface area is 99.0 Å². The van der Waals surface area contributed by atoms with Crippen LogP contribution < -0.4 is 0 Å². The molecule has 1 amide bonds. The van der Waals surface area contributed by atoms with Crippen molar-refractivity contribution < 1.29 is 14.3 Å². The molecule has 1 fully saturated rings. The Morgan fingerprint density at radius 1 is 1.53 bits per heavy atom. The zero-order valence-corrected chi connectivity index (χ0v) is 11.0. The van der Waals surface area contributed by atoms with Gasteiger partial charge < -0.3 is 14.4 Å². The fraction of sp³-hybridized carbons (Fsp3) is 0.900. The number of rotatable bonds is 3. The number of amides is 1. The molecule has 88 valence electrons. The molecular formula is C10H18BrNO3. The van der Waals surface area contributed by atoms with Gasteiger partial charge in [0, 0.05) is 17.9 Å². The summed E-state index contributed by atoms with van der Waals surface area (Å²) in [6.07, 6.45) is -0.443. The molecule has 0 N–H and O–H groups in total. The number of carbonyl (C=O) groups excluding carboxylic acids is 1. The zero-order chi connectivity index (χ0) is 11.5. The van der Waals surface area contributed by atoms with Crippen LogP contribution in [0.5, 0.6) is 0 Å². The number of likely N-dealkylation sites (N-methyl/N-ethyl adjacent to an activating group) is 1. The summed E-state index contributed by atoms with van der Waals surface area (Å²) >= 11 is 3.40. The lowest BCUT2D eigenvalue weighted by atomic mass is 10.1. The normalized spacial score (nSPS) is 22.5. The molecule has 0 aromatic carbocycles. The van der Waals surface area contributed by atoms with Crippen LogP contribution in [-0.4, -0.2) is 54.6 Å². The van der Waals surface area contributed by atoms with Crippen molar-refractivity contribution in [3.05, 3.63) is 0 Å². The SMILES string of the molecule is CN(C(=O)C1COCCO1)C(C)(C)CBr. The van der Waals surface area contributed by atoms with Crippen molar-refractivity contribution in [2.45, 2.75) is 25.5 Å². The van der Waals surface area contributed by atoms with Crippen LogP contribution in [-0.2, 0) is 14.3 Å². The van der Waals surface area contributed by atoms with Crippen molar-refractivity contribution in [2.75, 3.05) is 32.2 Å². The summed E-state index contributed by atoms with van der Waals surface area (Å²) in [6, 6.07) is 0. The highest BCUT2D eigenvalue weighted by atomic mass is 79.9.